The molecule has 5 rings (SSSR count). The maximum Gasteiger partial charge on any atom is 0.287 e. The van der Waals surface area contributed by atoms with Gasteiger partial charge < -0.3 is 9.47 Å². The number of hydrogen-bond donors (Lipinski definition) is 0. The minimum absolute atomic E-state index is 0.146. The lowest BCUT2D eigenvalue weighted by molar-refractivity contribution is -0.385. The molecule has 1 aliphatic carbocycles. The number of para-hydroxylation sites is 1. The number of hydrogen-bond acceptors (Lipinski definition) is 8. The van der Waals surface area contributed by atoms with Gasteiger partial charge in [0, 0.05) is 28.1 Å². The van der Waals surface area contributed by atoms with Gasteiger partial charge in [-0.1, -0.05) is 31.4 Å². The Labute approximate surface area is 240 Å². The Morgan fingerprint density at radius 2 is 1.90 bits per heavy atom. The van der Waals surface area contributed by atoms with Gasteiger partial charge in [-0.25, -0.2) is 9.97 Å². The molecule has 2 aromatic heterocycles. The summed E-state index contributed by atoms with van der Waals surface area (Å²) in [5.41, 5.74) is 0.926. The smallest absolute Gasteiger partial charge is 0.287 e. The molecule has 0 radical (unpaired) electrons. The van der Waals surface area contributed by atoms with E-state index in [-0.39, 0.29) is 23.0 Å². The Balaban J connectivity index is 1.54. The zero-order valence-corrected chi connectivity index (χ0v) is 24.0. The molecule has 0 spiro atoms. The number of nitrogens with zero attached hydrogens (tertiary/aromatic N) is 5. The maximum atomic E-state index is 13.5. The molecule has 39 heavy (non-hydrogen) atoms. The van der Waals surface area contributed by atoms with Crippen LogP contribution in [-0.4, -0.2) is 32.9 Å². The lowest BCUT2D eigenvalue weighted by Crippen LogP contribution is -2.25. The van der Waals surface area contributed by atoms with Crippen LogP contribution >= 0.6 is 31.9 Å². The highest BCUT2D eigenvalue weighted by molar-refractivity contribution is 9.13. The molecule has 0 saturated heterocycles. The SMILES string of the molecule is COc1cc(C=Nn2c(C3CCCCC3)nc3ccccc3c2=O)c(Br)c(Br)c1Oc1ccc([N+](=O)[O-])cn1. The van der Waals surface area contributed by atoms with Gasteiger partial charge >= 0.3 is 0 Å². The molecule has 0 N–H and O–H groups in total. The second-order valence-electron chi connectivity index (χ2n) is 9.02. The van der Waals surface area contributed by atoms with E-state index in [4.69, 9.17) is 14.5 Å². The van der Waals surface area contributed by atoms with Crippen LogP contribution in [0.15, 0.2) is 67.5 Å². The second-order valence-corrected chi connectivity index (χ2v) is 10.6. The van der Waals surface area contributed by atoms with Gasteiger partial charge in [0.15, 0.2) is 11.5 Å². The van der Waals surface area contributed by atoms with Crippen LogP contribution in [0.3, 0.4) is 0 Å². The highest BCUT2D eigenvalue weighted by Crippen LogP contribution is 2.44. The molecule has 0 atom stereocenters. The number of ether oxygens (including phenoxy) is 2. The number of rotatable bonds is 7. The number of halogens is 2. The van der Waals surface area contributed by atoms with Gasteiger partial charge in [0.2, 0.25) is 5.88 Å². The summed E-state index contributed by atoms with van der Waals surface area (Å²) in [7, 11) is 1.49. The van der Waals surface area contributed by atoms with Gasteiger partial charge in [0.05, 0.1) is 33.6 Å². The van der Waals surface area contributed by atoms with Crippen molar-refractivity contribution in [2.45, 2.75) is 38.0 Å². The summed E-state index contributed by atoms with van der Waals surface area (Å²) in [5, 5.41) is 16.0. The zero-order valence-electron chi connectivity index (χ0n) is 20.8. The van der Waals surface area contributed by atoms with Crippen molar-refractivity contribution in [2.24, 2.45) is 5.10 Å². The van der Waals surface area contributed by atoms with Crippen LogP contribution in [-0.2, 0) is 0 Å². The Morgan fingerprint density at radius 1 is 1.13 bits per heavy atom. The predicted octanol–water partition coefficient (Wildman–Crippen LogP) is 6.96. The lowest BCUT2D eigenvalue weighted by atomic mass is 9.88. The number of fused-ring (bicyclic) bond motifs is 1. The molecule has 200 valence electrons. The van der Waals surface area contributed by atoms with Crippen LogP contribution in [0.25, 0.3) is 10.9 Å². The summed E-state index contributed by atoms with van der Waals surface area (Å²) in [6.45, 7) is 0. The molecule has 1 fully saturated rings. The fraction of sp³-hybridized carbons (Fsp3) is 0.259. The van der Waals surface area contributed by atoms with Crippen LogP contribution in [0.4, 0.5) is 5.69 Å². The largest absolute Gasteiger partial charge is 0.493 e. The van der Waals surface area contributed by atoms with Crippen LogP contribution in [0.5, 0.6) is 17.4 Å². The molecule has 2 aromatic carbocycles. The third-order valence-corrected chi connectivity index (χ3v) is 8.72. The van der Waals surface area contributed by atoms with Crippen LogP contribution in [0.1, 0.15) is 49.4 Å². The summed E-state index contributed by atoms with van der Waals surface area (Å²) >= 11 is 7.12. The average Bonchev–Trinajstić information content (AvgIpc) is 2.96. The van der Waals surface area contributed by atoms with Crippen molar-refractivity contribution in [3.05, 3.63) is 89.5 Å². The average molecular weight is 657 g/mol. The van der Waals surface area contributed by atoms with E-state index in [2.05, 4.69) is 41.9 Å². The molecule has 1 saturated carbocycles. The topological polar surface area (TPSA) is 122 Å². The van der Waals surface area contributed by atoms with Crippen molar-refractivity contribution in [3.8, 4) is 17.4 Å². The molecule has 0 amide bonds. The summed E-state index contributed by atoms with van der Waals surface area (Å²) in [6.07, 6.45) is 8.00. The quantitative estimate of drug-likeness (QED) is 0.120. The summed E-state index contributed by atoms with van der Waals surface area (Å²) < 4.78 is 14.0. The Morgan fingerprint density at radius 3 is 2.59 bits per heavy atom. The molecule has 4 aromatic rings. The van der Waals surface area contributed by atoms with E-state index in [1.165, 1.54) is 30.3 Å². The van der Waals surface area contributed by atoms with E-state index in [0.29, 0.717) is 42.7 Å². The third kappa shape index (κ3) is 5.57. The van der Waals surface area contributed by atoms with Gasteiger partial charge in [-0.2, -0.15) is 9.78 Å². The number of benzene rings is 2. The first kappa shape index (κ1) is 26.9. The van der Waals surface area contributed by atoms with E-state index in [1.54, 1.807) is 18.3 Å². The summed E-state index contributed by atoms with van der Waals surface area (Å²) in [4.78, 5) is 32.8. The number of pyridine rings is 1. The fourth-order valence-corrected chi connectivity index (χ4v) is 5.49. The fourth-order valence-electron chi connectivity index (χ4n) is 4.59. The van der Waals surface area contributed by atoms with Crippen molar-refractivity contribution in [1.29, 1.82) is 0 Å². The monoisotopic (exact) mass is 655 g/mol. The zero-order chi connectivity index (χ0) is 27.5. The number of nitro groups is 1. The van der Waals surface area contributed by atoms with E-state index < -0.39 is 4.92 Å². The Hall–Kier alpha value is -3.64. The van der Waals surface area contributed by atoms with Gasteiger partial charge in [0.1, 0.15) is 12.0 Å². The maximum absolute atomic E-state index is 13.5. The minimum atomic E-state index is -0.534. The van der Waals surface area contributed by atoms with Gasteiger partial charge in [-0.05, 0) is 62.9 Å². The van der Waals surface area contributed by atoms with E-state index in [0.717, 1.165) is 31.9 Å². The van der Waals surface area contributed by atoms with Crippen molar-refractivity contribution in [1.82, 2.24) is 14.6 Å². The highest BCUT2D eigenvalue weighted by Gasteiger charge is 2.23. The molecule has 1 aliphatic rings. The first-order chi connectivity index (χ1) is 18.9. The van der Waals surface area contributed by atoms with E-state index >= 15 is 0 Å². The van der Waals surface area contributed by atoms with Crippen molar-refractivity contribution in [2.75, 3.05) is 7.11 Å². The van der Waals surface area contributed by atoms with Crippen LogP contribution in [0, 0.1) is 10.1 Å². The molecule has 0 bridgehead atoms. The molecular formula is C27H23Br2N5O5. The van der Waals surface area contributed by atoms with E-state index in [9.17, 15) is 14.9 Å². The van der Waals surface area contributed by atoms with Crippen LogP contribution < -0.4 is 15.0 Å². The van der Waals surface area contributed by atoms with Crippen molar-refractivity contribution >= 4 is 54.7 Å². The third-order valence-electron chi connectivity index (χ3n) is 6.58. The van der Waals surface area contributed by atoms with Gasteiger partial charge in [-0.3, -0.25) is 14.9 Å². The standard InChI is InChI=1S/C27H23Br2N5O5/c1-38-21-13-17(23(28)24(29)25(21)39-22-12-11-18(15-30-22)34(36)37)14-31-33-26(16-7-3-2-4-8-16)32-20-10-6-5-9-19(20)27(33)35/h5-6,9-16H,2-4,7-8H2,1H3. The molecule has 12 heteroatoms. The Bertz CT molecular complexity index is 1630. The van der Waals surface area contributed by atoms with Gasteiger partial charge in [0.25, 0.3) is 11.2 Å². The molecule has 2 heterocycles. The number of methoxy groups -OCH3 is 1. The molecule has 10 nitrogen and oxygen atoms in total. The summed E-state index contributed by atoms with van der Waals surface area (Å²) in [6, 6.07) is 11.7. The minimum Gasteiger partial charge on any atom is -0.493 e. The Kier molecular flexibility index (Phi) is 8.03. The normalized spacial score (nSPS) is 14.1. The first-order valence-corrected chi connectivity index (χ1v) is 13.9. The predicted molar refractivity (Wildman–Crippen MR) is 154 cm³/mol. The van der Waals surface area contributed by atoms with E-state index in [1.807, 2.05) is 18.2 Å². The highest BCUT2D eigenvalue weighted by atomic mass is 79.9. The molecular weight excluding hydrogens is 634 g/mol. The lowest BCUT2D eigenvalue weighted by Gasteiger charge is -2.22. The van der Waals surface area contributed by atoms with Gasteiger partial charge in [-0.15, -0.1) is 0 Å². The number of aromatic nitrogens is 3. The molecule has 0 unspecified atom stereocenters. The summed E-state index contributed by atoms with van der Waals surface area (Å²) in [5.74, 6) is 1.65. The van der Waals surface area contributed by atoms with Crippen LogP contribution in [0.2, 0.25) is 0 Å². The first-order valence-electron chi connectivity index (χ1n) is 12.3. The molecule has 0 aliphatic heterocycles. The van der Waals surface area contributed by atoms with Crippen molar-refractivity contribution in [3.63, 3.8) is 0 Å². The second kappa shape index (κ2) is 11.6. The van der Waals surface area contributed by atoms with Crippen molar-refractivity contribution < 1.29 is 14.4 Å².